The third-order valence-corrected chi connectivity index (χ3v) is 3.56. The quantitative estimate of drug-likeness (QED) is 0.738. The number of hydrogen-bond donors (Lipinski definition) is 1. The first-order valence-electron chi connectivity index (χ1n) is 6.76. The van der Waals surface area contributed by atoms with Crippen molar-refractivity contribution in [2.45, 2.75) is 51.2 Å². The fourth-order valence-electron chi connectivity index (χ4n) is 2.86. The summed E-state index contributed by atoms with van der Waals surface area (Å²) in [5.41, 5.74) is -0.660. The SMILES string of the molecule is CC(C)(C)OC(=O)N1CC(F)(F)C[C@@H]2CNCC[C@@H]21. The van der Waals surface area contributed by atoms with E-state index in [1.807, 2.05) is 0 Å². The molecule has 0 unspecified atom stereocenters. The lowest BCUT2D eigenvalue weighted by Crippen LogP contribution is -2.60. The molecular weight excluding hydrogens is 254 g/mol. The van der Waals surface area contributed by atoms with Gasteiger partial charge < -0.3 is 10.1 Å². The van der Waals surface area contributed by atoms with Crippen LogP contribution >= 0.6 is 0 Å². The zero-order valence-electron chi connectivity index (χ0n) is 11.7. The van der Waals surface area contributed by atoms with E-state index in [-0.39, 0.29) is 18.4 Å². The average Bonchev–Trinajstić information content (AvgIpc) is 2.24. The summed E-state index contributed by atoms with van der Waals surface area (Å²) in [7, 11) is 0. The molecule has 0 aromatic rings. The Hall–Kier alpha value is -0.910. The van der Waals surface area contributed by atoms with Gasteiger partial charge in [0.2, 0.25) is 0 Å². The summed E-state index contributed by atoms with van der Waals surface area (Å²) in [5.74, 6) is -3.01. The van der Waals surface area contributed by atoms with Gasteiger partial charge in [0, 0.05) is 19.0 Å². The highest BCUT2D eigenvalue weighted by molar-refractivity contribution is 5.69. The van der Waals surface area contributed by atoms with Gasteiger partial charge in [-0.15, -0.1) is 0 Å². The third-order valence-electron chi connectivity index (χ3n) is 3.56. The Balaban J connectivity index is 2.13. The Morgan fingerprint density at radius 2 is 2.11 bits per heavy atom. The Morgan fingerprint density at radius 3 is 2.74 bits per heavy atom. The summed E-state index contributed by atoms with van der Waals surface area (Å²) in [4.78, 5) is 13.3. The second-order valence-electron chi connectivity index (χ2n) is 6.49. The molecule has 0 bridgehead atoms. The first-order valence-corrected chi connectivity index (χ1v) is 6.76. The summed E-state index contributed by atoms with van der Waals surface area (Å²) >= 11 is 0. The van der Waals surface area contributed by atoms with Crippen LogP contribution in [0, 0.1) is 5.92 Å². The highest BCUT2D eigenvalue weighted by Gasteiger charge is 2.49. The van der Waals surface area contributed by atoms with Crippen LogP contribution in [0.15, 0.2) is 0 Å². The number of hydrogen-bond acceptors (Lipinski definition) is 3. The van der Waals surface area contributed by atoms with Crippen molar-refractivity contribution >= 4 is 6.09 Å². The largest absolute Gasteiger partial charge is 0.444 e. The normalized spacial score (nSPS) is 30.7. The van der Waals surface area contributed by atoms with Gasteiger partial charge >= 0.3 is 6.09 Å². The molecule has 4 nitrogen and oxygen atoms in total. The molecule has 0 spiro atoms. The first-order chi connectivity index (χ1) is 8.68. The number of halogens is 2. The third kappa shape index (κ3) is 3.55. The van der Waals surface area contributed by atoms with Crippen LogP contribution < -0.4 is 5.32 Å². The first kappa shape index (κ1) is 14.5. The van der Waals surface area contributed by atoms with Gasteiger partial charge in [-0.3, -0.25) is 4.90 Å². The molecule has 0 aromatic carbocycles. The number of amides is 1. The molecular formula is C13H22F2N2O2. The molecule has 2 atom stereocenters. The van der Waals surface area contributed by atoms with E-state index in [4.69, 9.17) is 4.74 Å². The highest BCUT2D eigenvalue weighted by atomic mass is 19.3. The Kier molecular flexibility index (Phi) is 3.73. The van der Waals surface area contributed by atoms with Crippen molar-refractivity contribution < 1.29 is 18.3 Å². The number of piperidine rings is 2. The molecule has 0 aromatic heterocycles. The average molecular weight is 276 g/mol. The summed E-state index contributed by atoms with van der Waals surface area (Å²) < 4.78 is 32.7. The number of rotatable bonds is 0. The fraction of sp³-hybridized carbons (Fsp3) is 0.923. The summed E-state index contributed by atoms with van der Waals surface area (Å²) in [6.45, 7) is 6.00. The molecule has 0 saturated carbocycles. The van der Waals surface area contributed by atoms with Gasteiger partial charge in [0.15, 0.2) is 0 Å². The van der Waals surface area contributed by atoms with Gasteiger partial charge in [-0.05, 0) is 39.7 Å². The Morgan fingerprint density at radius 1 is 1.42 bits per heavy atom. The molecule has 0 aliphatic carbocycles. The molecule has 19 heavy (non-hydrogen) atoms. The van der Waals surface area contributed by atoms with E-state index < -0.39 is 24.2 Å². The fourth-order valence-corrected chi connectivity index (χ4v) is 2.86. The number of likely N-dealkylation sites (tertiary alicyclic amines) is 1. The summed E-state index contributed by atoms with van der Waals surface area (Å²) in [5, 5.41) is 3.12. The van der Waals surface area contributed by atoms with Crippen molar-refractivity contribution in [3.63, 3.8) is 0 Å². The molecule has 110 valence electrons. The number of fused-ring (bicyclic) bond motifs is 1. The van der Waals surface area contributed by atoms with Crippen LogP contribution in [0.2, 0.25) is 0 Å². The number of nitrogens with one attached hydrogen (secondary N) is 1. The van der Waals surface area contributed by atoms with Gasteiger partial charge in [0.05, 0.1) is 6.54 Å². The lowest BCUT2D eigenvalue weighted by Gasteiger charge is -2.46. The molecule has 2 rings (SSSR count). The van der Waals surface area contributed by atoms with E-state index in [0.29, 0.717) is 13.0 Å². The minimum absolute atomic E-state index is 0.129. The van der Waals surface area contributed by atoms with Gasteiger partial charge in [-0.2, -0.15) is 0 Å². The van der Waals surface area contributed by atoms with Crippen molar-refractivity contribution in [2.75, 3.05) is 19.6 Å². The summed E-state index contributed by atoms with van der Waals surface area (Å²) in [6, 6.07) is -0.129. The Labute approximate surface area is 112 Å². The van der Waals surface area contributed by atoms with Gasteiger partial charge in [-0.25, -0.2) is 13.6 Å². The molecule has 0 radical (unpaired) electrons. The molecule has 1 N–H and O–H groups in total. The Bertz CT molecular complexity index is 355. The number of alkyl halides is 2. The zero-order chi connectivity index (χ0) is 14.3. The molecule has 1 amide bonds. The van der Waals surface area contributed by atoms with Crippen LogP contribution in [-0.4, -0.2) is 48.2 Å². The number of ether oxygens (including phenoxy) is 1. The van der Waals surface area contributed by atoms with E-state index >= 15 is 0 Å². The van der Waals surface area contributed by atoms with E-state index in [1.54, 1.807) is 20.8 Å². The number of carbonyl (C=O) groups is 1. The van der Waals surface area contributed by atoms with E-state index in [2.05, 4.69) is 5.32 Å². The van der Waals surface area contributed by atoms with Crippen molar-refractivity contribution in [3.8, 4) is 0 Å². The monoisotopic (exact) mass is 276 g/mol. The van der Waals surface area contributed by atoms with E-state index in [1.165, 1.54) is 4.90 Å². The molecule has 2 aliphatic rings. The highest BCUT2D eigenvalue weighted by Crippen LogP contribution is 2.37. The van der Waals surface area contributed by atoms with Crippen LogP contribution in [-0.2, 0) is 4.74 Å². The number of nitrogens with zero attached hydrogens (tertiary/aromatic N) is 1. The second kappa shape index (κ2) is 4.89. The molecule has 2 heterocycles. The lowest BCUT2D eigenvalue weighted by atomic mass is 9.83. The van der Waals surface area contributed by atoms with Crippen molar-refractivity contribution in [1.29, 1.82) is 0 Å². The molecule has 6 heteroatoms. The van der Waals surface area contributed by atoms with Crippen molar-refractivity contribution in [1.82, 2.24) is 10.2 Å². The van der Waals surface area contributed by atoms with E-state index in [9.17, 15) is 13.6 Å². The number of carbonyl (C=O) groups excluding carboxylic acids is 1. The minimum Gasteiger partial charge on any atom is -0.444 e. The maximum absolute atomic E-state index is 13.7. The summed E-state index contributed by atoms with van der Waals surface area (Å²) in [6.07, 6.45) is -0.0620. The van der Waals surface area contributed by atoms with Gasteiger partial charge in [0.25, 0.3) is 5.92 Å². The lowest BCUT2D eigenvalue weighted by molar-refractivity contribution is -0.111. The minimum atomic E-state index is -2.82. The van der Waals surface area contributed by atoms with Crippen LogP contribution in [0.5, 0.6) is 0 Å². The molecule has 2 saturated heterocycles. The standard InChI is InChI=1S/C13H22F2N2O2/c1-12(2,3)19-11(18)17-8-13(14,15)6-9-7-16-5-4-10(9)17/h9-10,16H,4-8H2,1-3H3/t9-,10+/m1/s1. The second-order valence-corrected chi connectivity index (χ2v) is 6.49. The van der Waals surface area contributed by atoms with Crippen molar-refractivity contribution in [3.05, 3.63) is 0 Å². The zero-order valence-corrected chi connectivity index (χ0v) is 11.7. The van der Waals surface area contributed by atoms with Crippen LogP contribution in [0.25, 0.3) is 0 Å². The predicted molar refractivity (Wildman–Crippen MR) is 67.3 cm³/mol. The predicted octanol–water partition coefficient (Wildman–Crippen LogP) is 2.24. The van der Waals surface area contributed by atoms with Crippen LogP contribution in [0.4, 0.5) is 13.6 Å². The molecule has 2 aliphatic heterocycles. The maximum atomic E-state index is 13.7. The van der Waals surface area contributed by atoms with Gasteiger partial charge in [-0.1, -0.05) is 0 Å². The molecule has 2 fully saturated rings. The maximum Gasteiger partial charge on any atom is 0.410 e. The van der Waals surface area contributed by atoms with Crippen LogP contribution in [0.1, 0.15) is 33.6 Å². The van der Waals surface area contributed by atoms with Crippen LogP contribution in [0.3, 0.4) is 0 Å². The topological polar surface area (TPSA) is 41.6 Å². The van der Waals surface area contributed by atoms with Crippen molar-refractivity contribution in [2.24, 2.45) is 5.92 Å². The smallest absolute Gasteiger partial charge is 0.410 e. The van der Waals surface area contributed by atoms with Gasteiger partial charge in [0.1, 0.15) is 5.60 Å². The van der Waals surface area contributed by atoms with E-state index in [0.717, 1.165) is 6.54 Å².